The highest BCUT2D eigenvalue weighted by Gasteiger charge is 2.08. The molecule has 0 unspecified atom stereocenters. The summed E-state index contributed by atoms with van der Waals surface area (Å²) in [4.78, 5) is 23.2. The number of carbonyl (C=O) groups excluding carboxylic acids is 2. The number of anilines is 1. The van der Waals surface area contributed by atoms with Crippen LogP contribution in [0.3, 0.4) is 0 Å². The molecule has 0 aliphatic rings. The van der Waals surface area contributed by atoms with Crippen molar-refractivity contribution < 1.29 is 9.59 Å². The van der Waals surface area contributed by atoms with Crippen molar-refractivity contribution in [2.24, 2.45) is 0 Å². The van der Waals surface area contributed by atoms with E-state index in [1.807, 2.05) is 24.3 Å². The van der Waals surface area contributed by atoms with Gasteiger partial charge in [0.15, 0.2) is 0 Å². The zero-order valence-electron chi connectivity index (χ0n) is 12.4. The smallest absolute Gasteiger partial charge is 0.233 e. The fourth-order valence-electron chi connectivity index (χ4n) is 1.84. The van der Waals surface area contributed by atoms with Crippen molar-refractivity contribution in [1.29, 1.82) is 0 Å². The summed E-state index contributed by atoms with van der Waals surface area (Å²) in [5.41, 5.74) is 1.95. The summed E-state index contributed by atoms with van der Waals surface area (Å²) in [6.45, 7) is 4.83. The van der Waals surface area contributed by atoms with Crippen molar-refractivity contribution in [1.82, 2.24) is 5.32 Å². The molecular weight excluding hydrogens is 252 g/mol. The molecule has 2 N–H and O–H groups in total. The van der Waals surface area contributed by atoms with Crippen LogP contribution in [-0.2, 0) is 16.0 Å². The Morgan fingerprint density at radius 1 is 1.00 bits per heavy atom. The summed E-state index contributed by atoms with van der Waals surface area (Å²) in [6.07, 6.45) is 4.01. The Morgan fingerprint density at radius 2 is 1.70 bits per heavy atom. The predicted octanol–water partition coefficient (Wildman–Crippen LogP) is 2.88. The van der Waals surface area contributed by atoms with E-state index in [2.05, 4.69) is 24.5 Å². The maximum Gasteiger partial charge on any atom is 0.233 e. The normalized spacial score (nSPS) is 10.1. The second-order valence-corrected chi connectivity index (χ2v) is 4.83. The molecule has 1 rings (SSSR count). The van der Waals surface area contributed by atoms with Gasteiger partial charge in [0.1, 0.15) is 6.42 Å². The van der Waals surface area contributed by atoms with E-state index in [-0.39, 0.29) is 18.2 Å². The van der Waals surface area contributed by atoms with Crippen LogP contribution in [0.5, 0.6) is 0 Å². The van der Waals surface area contributed by atoms with Gasteiger partial charge in [0.05, 0.1) is 0 Å². The lowest BCUT2D eigenvalue weighted by molar-refractivity contribution is -0.126. The number of amides is 2. The summed E-state index contributed by atoms with van der Waals surface area (Å²) >= 11 is 0. The molecule has 0 radical (unpaired) electrons. The highest BCUT2D eigenvalue weighted by Crippen LogP contribution is 2.10. The molecule has 1 aromatic carbocycles. The van der Waals surface area contributed by atoms with Gasteiger partial charge in [-0.25, -0.2) is 0 Å². The molecule has 0 aromatic heterocycles. The second kappa shape index (κ2) is 9.13. The first-order valence-corrected chi connectivity index (χ1v) is 7.31. The monoisotopic (exact) mass is 276 g/mol. The molecule has 0 heterocycles. The Bertz CT molecular complexity index is 427. The molecule has 0 spiro atoms. The maximum absolute atomic E-state index is 11.7. The summed E-state index contributed by atoms with van der Waals surface area (Å²) < 4.78 is 0. The van der Waals surface area contributed by atoms with Gasteiger partial charge in [-0.1, -0.05) is 38.8 Å². The van der Waals surface area contributed by atoms with Crippen LogP contribution in [0.1, 0.15) is 45.1 Å². The van der Waals surface area contributed by atoms with Crippen molar-refractivity contribution in [3.05, 3.63) is 29.8 Å². The molecule has 110 valence electrons. The van der Waals surface area contributed by atoms with Gasteiger partial charge >= 0.3 is 0 Å². The summed E-state index contributed by atoms with van der Waals surface area (Å²) in [5.74, 6) is -0.494. The molecule has 0 saturated heterocycles. The number of hydrogen-bond acceptors (Lipinski definition) is 2. The van der Waals surface area contributed by atoms with Crippen molar-refractivity contribution in [2.45, 2.75) is 46.0 Å². The minimum Gasteiger partial charge on any atom is -0.356 e. The molecule has 0 fully saturated rings. The van der Waals surface area contributed by atoms with Crippen molar-refractivity contribution >= 4 is 17.5 Å². The van der Waals surface area contributed by atoms with Crippen LogP contribution in [0.25, 0.3) is 0 Å². The van der Waals surface area contributed by atoms with Crippen LogP contribution in [0.15, 0.2) is 24.3 Å². The molecule has 0 bridgehead atoms. The number of benzene rings is 1. The number of carbonyl (C=O) groups is 2. The van der Waals surface area contributed by atoms with E-state index in [0.29, 0.717) is 6.54 Å². The Kier molecular flexibility index (Phi) is 7.40. The summed E-state index contributed by atoms with van der Waals surface area (Å²) in [7, 11) is 0. The van der Waals surface area contributed by atoms with Crippen molar-refractivity contribution in [3.8, 4) is 0 Å². The van der Waals surface area contributed by atoms with E-state index >= 15 is 0 Å². The SMILES string of the molecule is CCCCCNC(=O)CC(=O)Nc1ccc(CC)cc1. The highest BCUT2D eigenvalue weighted by molar-refractivity contribution is 6.03. The largest absolute Gasteiger partial charge is 0.356 e. The molecule has 4 heteroatoms. The lowest BCUT2D eigenvalue weighted by Gasteiger charge is -2.07. The van der Waals surface area contributed by atoms with Gasteiger partial charge in [0.2, 0.25) is 11.8 Å². The minimum absolute atomic E-state index is 0.123. The fourth-order valence-corrected chi connectivity index (χ4v) is 1.84. The van der Waals surface area contributed by atoms with E-state index in [1.54, 1.807) is 0 Å². The molecule has 4 nitrogen and oxygen atoms in total. The average molecular weight is 276 g/mol. The first kappa shape index (κ1) is 16.2. The van der Waals surface area contributed by atoms with E-state index < -0.39 is 0 Å². The van der Waals surface area contributed by atoms with Crippen molar-refractivity contribution in [2.75, 3.05) is 11.9 Å². The molecule has 0 saturated carbocycles. The predicted molar refractivity (Wildman–Crippen MR) is 81.6 cm³/mol. The van der Waals surface area contributed by atoms with Gasteiger partial charge in [-0.3, -0.25) is 9.59 Å². The molecular formula is C16H24N2O2. The third kappa shape index (κ3) is 6.36. The maximum atomic E-state index is 11.7. The van der Waals surface area contributed by atoms with Crippen LogP contribution < -0.4 is 10.6 Å². The van der Waals surface area contributed by atoms with Gasteiger partial charge in [0, 0.05) is 12.2 Å². The summed E-state index contributed by atoms with van der Waals surface area (Å²) in [5, 5.41) is 5.48. The van der Waals surface area contributed by atoms with E-state index in [4.69, 9.17) is 0 Å². The molecule has 2 amide bonds. The average Bonchev–Trinajstić information content (AvgIpc) is 2.44. The topological polar surface area (TPSA) is 58.2 Å². The van der Waals surface area contributed by atoms with Crippen molar-refractivity contribution in [3.63, 3.8) is 0 Å². The first-order chi connectivity index (χ1) is 9.65. The number of hydrogen-bond donors (Lipinski definition) is 2. The van der Waals surface area contributed by atoms with Crippen LogP contribution in [0.2, 0.25) is 0 Å². The van der Waals surface area contributed by atoms with E-state index in [9.17, 15) is 9.59 Å². The quantitative estimate of drug-likeness (QED) is 0.566. The zero-order chi connectivity index (χ0) is 14.8. The van der Waals surface area contributed by atoms with Crippen LogP contribution in [0, 0.1) is 0 Å². The minimum atomic E-state index is -0.276. The fraction of sp³-hybridized carbons (Fsp3) is 0.500. The van der Waals surface area contributed by atoms with Crippen LogP contribution in [0.4, 0.5) is 5.69 Å². The molecule has 0 aliphatic carbocycles. The third-order valence-electron chi connectivity index (χ3n) is 3.07. The molecule has 0 aliphatic heterocycles. The molecule has 0 atom stereocenters. The second-order valence-electron chi connectivity index (χ2n) is 4.83. The molecule has 20 heavy (non-hydrogen) atoms. The van der Waals surface area contributed by atoms with Gasteiger partial charge in [-0.15, -0.1) is 0 Å². The number of aryl methyl sites for hydroxylation is 1. The Balaban J connectivity index is 2.29. The number of nitrogens with one attached hydrogen (secondary N) is 2. The van der Waals surface area contributed by atoms with Gasteiger partial charge < -0.3 is 10.6 Å². The zero-order valence-corrected chi connectivity index (χ0v) is 12.4. The van der Waals surface area contributed by atoms with Gasteiger partial charge in [0.25, 0.3) is 0 Å². The Hall–Kier alpha value is -1.84. The Morgan fingerprint density at radius 3 is 2.30 bits per heavy atom. The molecule has 1 aromatic rings. The lowest BCUT2D eigenvalue weighted by atomic mass is 10.1. The first-order valence-electron chi connectivity index (χ1n) is 7.31. The number of rotatable bonds is 8. The summed E-state index contributed by atoms with van der Waals surface area (Å²) in [6, 6.07) is 7.66. The highest BCUT2D eigenvalue weighted by atomic mass is 16.2. The standard InChI is InChI=1S/C16H24N2O2/c1-3-5-6-11-17-15(19)12-16(20)18-14-9-7-13(4-2)8-10-14/h7-10H,3-6,11-12H2,1-2H3,(H,17,19)(H,18,20). The third-order valence-corrected chi connectivity index (χ3v) is 3.07. The van der Waals surface area contributed by atoms with Crippen LogP contribution in [-0.4, -0.2) is 18.4 Å². The van der Waals surface area contributed by atoms with Gasteiger partial charge in [-0.2, -0.15) is 0 Å². The van der Waals surface area contributed by atoms with Crippen LogP contribution >= 0.6 is 0 Å². The number of unbranched alkanes of at least 4 members (excludes halogenated alkanes) is 2. The van der Waals surface area contributed by atoms with Gasteiger partial charge in [-0.05, 0) is 30.5 Å². The lowest BCUT2D eigenvalue weighted by Crippen LogP contribution is -2.28. The Labute approximate surface area is 121 Å². The van der Waals surface area contributed by atoms with E-state index in [1.165, 1.54) is 5.56 Å². The van der Waals surface area contributed by atoms with E-state index in [0.717, 1.165) is 31.4 Å².